The van der Waals surface area contributed by atoms with Crippen LogP contribution in [0.1, 0.15) is 22.2 Å². The molecule has 2 heterocycles. The highest BCUT2D eigenvalue weighted by molar-refractivity contribution is 7.27. The molecule has 3 aromatic rings. The van der Waals surface area contributed by atoms with Crippen molar-refractivity contribution in [3.8, 4) is 0 Å². The van der Waals surface area contributed by atoms with Gasteiger partial charge in [-0.05, 0) is 30.0 Å². The molecule has 1 aromatic carbocycles. The first-order valence-corrected chi connectivity index (χ1v) is 8.76. The van der Waals surface area contributed by atoms with Gasteiger partial charge in [0.1, 0.15) is 0 Å². The molecule has 0 aliphatic carbocycles. The van der Waals surface area contributed by atoms with Gasteiger partial charge in [-0.15, -0.1) is 34.3 Å². The van der Waals surface area contributed by atoms with Crippen molar-refractivity contribution in [2.75, 3.05) is 5.88 Å². The molecule has 0 saturated heterocycles. The van der Waals surface area contributed by atoms with Gasteiger partial charge in [-0.1, -0.05) is 30.3 Å². The number of halogens is 1. The molecule has 108 valence electrons. The number of amides is 1. The number of rotatable bonds is 4. The van der Waals surface area contributed by atoms with E-state index >= 15 is 0 Å². The summed E-state index contributed by atoms with van der Waals surface area (Å²) in [5, 5.41) is 5.11. The van der Waals surface area contributed by atoms with Crippen LogP contribution in [0.3, 0.4) is 0 Å². The Labute approximate surface area is 136 Å². The van der Waals surface area contributed by atoms with E-state index in [1.54, 1.807) is 11.3 Å². The van der Waals surface area contributed by atoms with E-state index in [1.807, 2.05) is 54.8 Å². The van der Waals surface area contributed by atoms with E-state index in [-0.39, 0.29) is 5.91 Å². The summed E-state index contributed by atoms with van der Waals surface area (Å²) < 4.78 is 2.30. The van der Waals surface area contributed by atoms with Gasteiger partial charge in [0, 0.05) is 15.3 Å². The van der Waals surface area contributed by atoms with Gasteiger partial charge in [0.25, 0.3) is 5.91 Å². The van der Waals surface area contributed by atoms with E-state index in [0.717, 1.165) is 19.8 Å². The van der Waals surface area contributed by atoms with Crippen LogP contribution < -0.4 is 5.32 Å². The van der Waals surface area contributed by atoms with Crippen molar-refractivity contribution in [3.63, 3.8) is 0 Å². The van der Waals surface area contributed by atoms with Gasteiger partial charge in [-0.2, -0.15) is 0 Å². The molecule has 0 saturated carbocycles. The Morgan fingerprint density at radius 2 is 2.00 bits per heavy atom. The van der Waals surface area contributed by atoms with Gasteiger partial charge < -0.3 is 5.32 Å². The average Bonchev–Trinajstić information content (AvgIpc) is 3.09. The lowest BCUT2D eigenvalue weighted by Crippen LogP contribution is -2.44. The molecule has 1 N–H and O–H groups in total. The highest BCUT2D eigenvalue weighted by atomic mass is 35.5. The van der Waals surface area contributed by atoms with E-state index in [1.165, 1.54) is 11.3 Å². The van der Waals surface area contributed by atoms with Gasteiger partial charge >= 0.3 is 0 Å². The zero-order valence-electron chi connectivity index (χ0n) is 11.4. The molecule has 0 aliphatic rings. The van der Waals surface area contributed by atoms with Crippen LogP contribution in [-0.2, 0) is 5.54 Å². The van der Waals surface area contributed by atoms with Crippen LogP contribution in [0.4, 0.5) is 0 Å². The Morgan fingerprint density at radius 1 is 1.24 bits per heavy atom. The number of carbonyl (C=O) groups is 1. The normalized spacial score (nSPS) is 14.0. The Kier molecular flexibility index (Phi) is 4.02. The first kappa shape index (κ1) is 14.6. The Bertz CT molecular complexity index is 736. The van der Waals surface area contributed by atoms with Crippen LogP contribution in [0.5, 0.6) is 0 Å². The molecule has 0 spiro atoms. The number of benzene rings is 1. The van der Waals surface area contributed by atoms with Crippen LogP contribution in [0.25, 0.3) is 9.40 Å². The van der Waals surface area contributed by atoms with Crippen molar-refractivity contribution in [1.29, 1.82) is 0 Å². The molecule has 2 nitrogen and oxygen atoms in total. The molecule has 1 unspecified atom stereocenters. The second-order valence-corrected chi connectivity index (χ2v) is 7.34. The lowest BCUT2D eigenvalue weighted by Gasteiger charge is -2.29. The number of carbonyl (C=O) groups excluding carboxylic acids is 1. The van der Waals surface area contributed by atoms with Crippen molar-refractivity contribution >= 4 is 49.6 Å². The Morgan fingerprint density at radius 3 is 2.67 bits per heavy atom. The fourth-order valence-corrected chi connectivity index (χ4v) is 4.40. The molecule has 0 radical (unpaired) electrons. The van der Waals surface area contributed by atoms with E-state index in [4.69, 9.17) is 11.6 Å². The smallest absolute Gasteiger partial charge is 0.262 e. The second kappa shape index (κ2) is 5.79. The fraction of sp³-hybridized carbons (Fsp3) is 0.188. The van der Waals surface area contributed by atoms with Crippen LogP contribution >= 0.6 is 34.3 Å². The number of thiophene rings is 2. The van der Waals surface area contributed by atoms with Gasteiger partial charge in [-0.25, -0.2) is 0 Å². The number of hydrogen-bond acceptors (Lipinski definition) is 3. The maximum atomic E-state index is 12.5. The molecule has 1 atom stereocenters. The predicted octanol–water partition coefficient (Wildman–Crippen LogP) is 4.85. The maximum absolute atomic E-state index is 12.5. The van der Waals surface area contributed by atoms with E-state index in [9.17, 15) is 4.79 Å². The van der Waals surface area contributed by atoms with Crippen molar-refractivity contribution in [2.24, 2.45) is 0 Å². The minimum atomic E-state index is -0.572. The van der Waals surface area contributed by atoms with Gasteiger partial charge in [-0.3, -0.25) is 4.79 Å². The second-order valence-electron chi connectivity index (χ2n) is 5.05. The number of hydrogen-bond donors (Lipinski definition) is 1. The monoisotopic (exact) mass is 335 g/mol. The molecule has 2 aromatic heterocycles. The van der Waals surface area contributed by atoms with E-state index < -0.39 is 5.54 Å². The summed E-state index contributed by atoms with van der Waals surface area (Å²) >= 11 is 9.29. The summed E-state index contributed by atoms with van der Waals surface area (Å²) in [4.78, 5) is 13.2. The number of nitrogens with one attached hydrogen (secondary N) is 1. The van der Waals surface area contributed by atoms with Crippen molar-refractivity contribution in [3.05, 3.63) is 58.3 Å². The summed E-state index contributed by atoms with van der Waals surface area (Å²) in [6.07, 6.45) is 0. The van der Waals surface area contributed by atoms with Crippen molar-refractivity contribution in [2.45, 2.75) is 12.5 Å². The zero-order valence-corrected chi connectivity index (χ0v) is 13.8. The SMILES string of the molecule is CC(CCl)(NC(=O)c1cc2sccc2s1)c1ccccc1. The van der Waals surface area contributed by atoms with E-state index in [2.05, 4.69) is 5.32 Å². The molecular formula is C16H14ClNOS2. The standard InChI is InChI=1S/C16H14ClNOS2/c1-16(10-17,11-5-3-2-4-6-11)18-15(19)14-9-13-12(21-14)7-8-20-13/h2-9H,10H2,1H3,(H,18,19). The molecule has 0 aliphatic heterocycles. The molecule has 5 heteroatoms. The van der Waals surface area contributed by atoms with Crippen LogP contribution in [-0.4, -0.2) is 11.8 Å². The largest absolute Gasteiger partial charge is 0.341 e. The summed E-state index contributed by atoms with van der Waals surface area (Å²) in [7, 11) is 0. The molecule has 0 fully saturated rings. The van der Waals surface area contributed by atoms with Crippen LogP contribution in [0, 0.1) is 0 Å². The molecule has 3 rings (SSSR count). The zero-order chi connectivity index (χ0) is 14.9. The Balaban J connectivity index is 1.86. The summed E-state index contributed by atoms with van der Waals surface area (Å²) in [5.74, 6) is 0.248. The third-order valence-electron chi connectivity index (χ3n) is 3.43. The minimum absolute atomic E-state index is 0.0737. The Hall–Kier alpha value is -1.36. The van der Waals surface area contributed by atoms with Gasteiger partial charge in [0.05, 0.1) is 10.4 Å². The third kappa shape index (κ3) is 2.84. The quantitative estimate of drug-likeness (QED) is 0.679. The molecular weight excluding hydrogens is 322 g/mol. The first-order valence-electron chi connectivity index (χ1n) is 6.53. The topological polar surface area (TPSA) is 29.1 Å². The van der Waals surface area contributed by atoms with Gasteiger partial charge in [0.15, 0.2) is 0 Å². The summed E-state index contributed by atoms with van der Waals surface area (Å²) in [6.45, 7) is 1.95. The number of fused-ring (bicyclic) bond motifs is 1. The molecule has 0 bridgehead atoms. The number of alkyl halides is 1. The lowest BCUT2D eigenvalue weighted by atomic mass is 9.94. The summed E-state index contributed by atoms with van der Waals surface area (Å²) in [6, 6.07) is 13.8. The highest BCUT2D eigenvalue weighted by Gasteiger charge is 2.28. The highest BCUT2D eigenvalue weighted by Crippen LogP contribution is 2.31. The lowest BCUT2D eigenvalue weighted by molar-refractivity contribution is 0.0917. The molecule has 21 heavy (non-hydrogen) atoms. The van der Waals surface area contributed by atoms with E-state index in [0.29, 0.717) is 5.88 Å². The maximum Gasteiger partial charge on any atom is 0.262 e. The third-order valence-corrected chi connectivity index (χ3v) is 6.06. The van der Waals surface area contributed by atoms with Crippen LogP contribution in [0.15, 0.2) is 47.8 Å². The van der Waals surface area contributed by atoms with Crippen LogP contribution in [0.2, 0.25) is 0 Å². The first-order chi connectivity index (χ1) is 10.1. The fourth-order valence-electron chi connectivity index (χ4n) is 2.18. The predicted molar refractivity (Wildman–Crippen MR) is 91.7 cm³/mol. The van der Waals surface area contributed by atoms with Gasteiger partial charge in [0.2, 0.25) is 0 Å². The minimum Gasteiger partial charge on any atom is -0.341 e. The van der Waals surface area contributed by atoms with Crippen molar-refractivity contribution in [1.82, 2.24) is 5.32 Å². The summed E-state index contributed by atoms with van der Waals surface area (Å²) in [5.41, 5.74) is 0.434. The van der Waals surface area contributed by atoms with Crippen molar-refractivity contribution < 1.29 is 4.79 Å². The average molecular weight is 336 g/mol. The molecule has 1 amide bonds.